The summed E-state index contributed by atoms with van der Waals surface area (Å²) in [5.41, 5.74) is -0.167. The molecule has 2 aliphatic heterocycles. The van der Waals surface area contributed by atoms with E-state index in [4.69, 9.17) is 21.1 Å². The molecule has 170 valence electrons. The van der Waals surface area contributed by atoms with Crippen LogP contribution in [0.1, 0.15) is 27.2 Å². The molecule has 3 rings (SSSR count). The van der Waals surface area contributed by atoms with Crippen molar-refractivity contribution in [1.82, 2.24) is 15.5 Å². The van der Waals surface area contributed by atoms with Gasteiger partial charge in [-0.15, -0.1) is 0 Å². The zero-order valence-electron chi connectivity index (χ0n) is 18.5. The molecule has 0 aliphatic carbocycles. The number of benzene rings is 1. The van der Waals surface area contributed by atoms with E-state index in [0.717, 1.165) is 5.69 Å². The lowest BCUT2D eigenvalue weighted by Crippen LogP contribution is -2.55. The van der Waals surface area contributed by atoms with Crippen LogP contribution in [0.25, 0.3) is 0 Å². The summed E-state index contributed by atoms with van der Waals surface area (Å²) in [4.78, 5) is 40.6. The van der Waals surface area contributed by atoms with Crippen LogP contribution in [-0.2, 0) is 9.59 Å². The van der Waals surface area contributed by atoms with Crippen LogP contribution in [0, 0.1) is 5.92 Å². The zero-order chi connectivity index (χ0) is 22.9. The summed E-state index contributed by atoms with van der Waals surface area (Å²) in [7, 11) is 3.11. The van der Waals surface area contributed by atoms with E-state index in [1.807, 2.05) is 24.0 Å². The van der Waals surface area contributed by atoms with E-state index in [1.165, 1.54) is 0 Å². The third kappa shape index (κ3) is 4.51. The molecule has 2 saturated heterocycles. The molecule has 0 radical (unpaired) electrons. The monoisotopic (exact) mass is 452 g/mol. The van der Waals surface area contributed by atoms with Crippen LogP contribution in [0.2, 0.25) is 5.02 Å². The Balaban J connectivity index is 1.68. The number of nitrogens with zero attached hydrogens (tertiary/aromatic N) is 2. The third-order valence-corrected chi connectivity index (χ3v) is 6.33. The van der Waals surface area contributed by atoms with Crippen molar-refractivity contribution >= 4 is 35.1 Å². The van der Waals surface area contributed by atoms with Crippen molar-refractivity contribution in [2.45, 2.75) is 38.8 Å². The van der Waals surface area contributed by atoms with Crippen LogP contribution >= 0.6 is 11.6 Å². The number of ether oxygens (including phenoxy) is 2. The van der Waals surface area contributed by atoms with Gasteiger partial charge in [0.15, 0.2) is 0 Å². The summed E-state index contributed by atoms with van der Waals surface area (Å²) in [5.74, 6) is 0.207. The van der Waals surface area contributed by atoms with Crippen molar-refractivity contribution < 1.29 is 23.9 Å². The molecule has 2 fully saturated rings. The number of carbonyl (C=O) groups excluding carboxylic acids is 3. The highest BCUT2D eigenvalue weighted by molar-refractivity contribution is 6.33. The van der Waals surface area contributed by atoms with E-state index in [9.17, 15) is 14.4 Å². The molecule has 0 saturated carbocycles. The number of imide groups is 1. The molecular weight excluding hydrogens is 424 g/mol. The number of rotatable bonds is 6. The standard InChI is InChI=1S/C21H29ClN4O5/c1-12(10-21(3)19(28)23-20(29)24-21)18(27)25-6-7-26(13(2)11-25)14-8-15(30-4)17(22)16(9-14)31-5/h8-9,12-13H,6-7,10-11H2,1-5H3,(H2,23,24,28,29)/t12?,13-,21?/m0/s1. The molecule has 3 atom stereocenters. The van der Waals surface area contributed by atoms with Crippen molar-refractivity contribution in [1.29, 1.82) is 0 Å². The van der Waals surface area contributed by atoms with Crippen molar-refractivity contribution in [2.75, 3.05) is 38.8 Å². The Bertz CT molecular complexity index is 870. The first-order chi connectivity index (χ1) is 14.6. The normalized spacial score (nSPS) is 24.5. The number of anilines is 1. The van der Waals surface area contributed by atoms with Gasteiger partial charge in [0, 0.05) is 49.4 Å². The van der Waals surface area contributed by atoms with Crippen molar-refractivity contribution in [3.8, 4) is 11.5 Å². The van der Waals surface area contributed by atoms with E-state index in [-0.39, 0.29) is 18.4 Å². The van der Waals surface area contributed by atoms with Crippen LogP contribution in [0.15, 0.2) is 12.1 Å². The first-order valence-electron chi connectivity index (χ1n) is 10.2. The van der Waals surface area contributed by atoms with Gasteiger partial charge >= 0.3 is 6.03 Å². The number of methoxy groups -OCH3 is 2. The Kier molecular flexibility index (Phi) is 6.54. The number of nitrogens with one attached hydrogen (secondary N) is 2. The molecule has 0 bridgehead atoms. The largest absolute Gasteiger partial charge is 0.495 e. The number of hydrogen-bond acceptors (Lipinski definition) is 6. The minimum Gasteiger partial charge on any atom is -0.495 e. The van der Waals surface area contributed by atoms with Crippen LogP contribution in [0.3, 0.4) is 0 Å². The topological polar surface area (TPSA) is 100 Å². The molecule has 2 aliphatic rings. The van der Waals surface area contributed by atoms with E-state index >= 15 is 0 Å². The maximum absolute atomic E-state index is 13.1. The van der Waals surface area contributed by atoms with Gasteiger partial charge in [-0.25, -0.2) is 4.79 Å². The number of halogens is 1. The highest BCUT2D eigenvalue weighted by atomic mass is 35.5. The highest BCUT2D eigenvalue weighted by Gasteiger charge is 2.44. The molecule has 0 aromatic heterocycles. The minimum absolute atomic E-state index is 0.0343. The number of carbonyl (C=O) groups is 3. The van der Waals surface area contributed by atoms with E-state index in [2.05, 4.69) is 15.5 Å². The lowest BCUT2D eigenvalue weighted by atomic mass is 9.89. The highest BCUT2D eigenvalue weighted by Crippen LogP contribution is 2.39. The van der Waals surface area contributed by atoms with Gasteiger partial charge in [0.2, 0.25) is 5.91 Å². The van der Waals surface area contributed by atoms with Gasteiger partial charge in [-0.2, -0.15) is 0 Å². The summed E-state index contributed by atoms with van der Waals surface area (Å²) in [5, 5.41) is 5.27. The van der Waals surface area contributed by atoms with Crippen molar-refractivity contribution in [2.24, 2.45) is 5.92 Å². The number of piperazine rings is 1. The van der Waals surface area contributed by atoms with Gasteiger partial charge in [-0.3, -0.25) is 14.9 Å². The molecule has 31 heavy (non-hydrogen) atoms. The molecule has 2 N–H and O–H groups in total. The fourth-order valence-corrected chi connectivity index (χ4v) is 4.56. The Morgan fingerprint density at radius 3 is 2.35 bits per heavy atom. The summed E-state index contributed by atoms with van der Waals surface area (Å²) in [6, 6.07) is 3.25. The van der Waals surface area contributed by atoms with Gasteiger partial charge in [0.1, 0.15) is 22.1 Å². The zero-order valence-corrected chi connectivity index (χ0v) is 19.2. The van der Waals surface area contributed by atoms with Crippen LogP contribution in [-0.4, -0.2) is 68.2 Å². The van der Waals surface area contributed by atoms with Gasteiger partial charge < -0.3 is 24.6 Å². The fourth-order valence-electron chi connectivity index (χ4n) is 4.30. The maximum atomic E-state index is 13.1. The summed E-state index contributed by atoms with van der Waals surface area (Å²) >= 11 is 6.28. The first kappa shape index (κ1) is 23.0. The van der Waals surface area contributed by atoms with Gasteiger partial charge in [0.05, 0.1) is 14.2 Å². The molecule has 1 aromatic carbocycles. The smallest absolute Gasteiger partial charge is 0.322 e. The predicted molar refractivity (Wildman–Crippen MR) is 117 cm³/mol. The minimum atomic E-state index is -1.07. The number of hydrogen-bond donors (Lipinski definition) is 2. The molecule has 4 amide bonds. The lowest BCUT2D eigenvalue weighted by Gasteiger charge is -2.42. The third-order valence-electron chi connectivity index (χ3n) is 5.95. The molecule has 10 heteroatoms. The average molecular weight is 453 g/mol. The predicted octanol–water partition coefficient (Wildman–Crippen LogP) is 2.02. The molecule has 2 unspecified atom stereocenters. The van der Waals surface area contributed by atoms with Crippen LogP contribution in [0.5, 0.6) is 11.5 Å². The summed E-state index contributed by atoms with van der Waals surface area (Å²) in [6.45, 7) is 7.17. The van der Waals surface area contributed by atoms with Gasteiger partial charge in [0.25, 0.3) is 5.91 Å². The second-order valence-electron chi connectivity index (χ2n) is 8.34. The number of urea groups is 1. The van der Waals surface area contributed by atoms with Crippen LogP contribution in [0.4, 0.5) is 10.5 Å². The molecule has 9 nitrogen and oxygen atoms in total. The summed E-state index contributed by atoms with van der Waals surface area (Å²) < 4.78 is 10.7. The van der Waals surface area contributed by atoms with Crippen molar-refractivity contribution in [3.63, 3.8) is 0 Å². The lowest BCUT2D eigenvalue weighted by molar-refractivity contribution is -0.137. The average Bonchev–Trinajstić information content (AvgIpc) is 2.98. The Morgan fingerprint density at radius 2 is 1.87 bits per heavy atom. The van der Waals surface area contributed by atoms with E-state index in [1.54, 1.807) is 28.1 Å². The first-order valence-corrected chi connectivity index (χ1v) is 10.6. The molecule has 1 aromatic rings. The van der Waals surface area contributed by atoms with Gasteiger partial charge in [-0.1, -0.05) is 18.5 Å². The van der Waals surface area contributed by atoms with E-state index in [0.29, 0.717) is 36.2 Å². The fraction of sp³-hybridized carbons (Fsp3) is 0.571. The van der Waals surface area contributed by atoms with Gasteiger partial charge in [-0.05, 0) is 20.3 Å². The quantitative estimate of drug-likeness (QED) is 0.640. The maximum Gasteiger partial charge on any atom is 0.322 e. The molecular formula is C21H29ClN4O5. The van der Waals surface area contributed by atoms with Crippen molar-refractivity contribution in [3.05, 3.63) is 17.2 Å². The Hall–Kier alpha value is -2.68. The Morgan fingerprint density at radius 1 is 1.26 bits per heavy atom. The number of amides is 4. The van der Waals surface area contributed by atoms with E-state index < -0.39 is 23.4 Å². The molecule has 0 spiro atoms. The summed E-state index contributed by atoms with van der Waals surface area (Å²) in [6.07, 6.45) is 0.240. The Labute approximate surface area is 187 Å². The SMILES string of the molecule is COc1cc(N2CCN(C(=O)C(C)CC3(C)NC(=O)NC3=O)C[C@@H]2C)cc(OC)c1Cl. The second-order valence-corrected chi connectivity index (χ2v) is 8.71. The second kappa shape index (κ2) is 8.82. The van der Waals surface area contributed by atoms with Crippen LogP contribution < -0.4 is 25.0 Å². The molecule has 2 heterocycles.